The van der Waals surface area contributed by atoms with Crippen LogP contribution in [0.3, 0.4) is 0 Å². The van der Waals surface area contributed by atoms with Gasteiger partial charge in [-0.15, -0.1) is 11.8 Å². The van der Waals surface area contributed by atoms with E-state index in [2.05, 4.69) is 32.9 Å². The number of carbonyl (C=O) groups is 1. The molecule has 2 heterocycles. The number of ether oxygens (including phenoxy) is 1. The number of thioether (sulfide) groups is 1. The zero-order valence-corrected chi connectivity index (χ0v) is 21.0. The largest absolute Gasteiger partial charge is 0.486 e. The summed E-state index contributed by atoms with van der Waals surface area (Å²) in [5.41, 5.74) is 3.18. The van der Waals surface area contributed by atoms with Crippen LogP contribution >= 0.6 is 11.8 Å². The first-order chi connectivity index (χ1) is 15.6. The standard InChI is InChI=1S/C26H31NO4S2/c1-26(2,3)21-11-9-19(10-12-21)17-27(22-13-16-33(29,30)18-22)25(28)23-24(32-15-14-31-23)20-7-5-4-6-8-20/h4-12,22H,13-18H2,1-3H3. The average molecular weight is 486 g/mol. The highest BCUT2D eigenvalue weighted by Gasteiger charge is 2.37. The molecule has 33 heavy (non-hydrogen) atoms. The summed E-state index contributed by atoms with van der Waals surface area (Å²) in [5, 5.41) is 0. The van der Waals surface area contributed by atoms with Crippen molar-refractivity contribution >= 4 is 32.4 Å². The molecule has 2 aromatic carbocycles. The molecule has 0 aliphatic carbocycles. The minimum Gasteiger partial charge on any atom is -0.486 e. The zero-order valence-electron chi connectivity index (χ0n) is 19.4. The summed E-state index contributed by atoms with van der Waals surface area (Å²) in [5.74, 6) is 0.980. The number of nitrogens with zero attached hydrogens (tertiary/aromatic N) is 1. The van der Waals surface area contributed by atoms with Gasteiger partial charge in [0.1, 0.15) is 0 Å². The lowest BCUT2D eigenvalue weighted by Crippen LogP contribution is -2.42. The second-order valence-electron chi connectivity index (χ2n) is 9.66. The van der Waals surface area contributed by atoms with Crippen molar-refractivity contribution in [1.82, 2.24) is 4.90 Å². The van der Waals surface area contributed by atoms with E-state index >= 15 is 0 Å². The molecule has 2 aliphatic rings. The number of sulfone groups is 1. The number of hydrogen-bond acceptors (Lipinski definition) is 5. The van der Waals surface area contributed by atoms with Crippen LogP contribution in [0.5, 0.6) is 0 Å². The summed E-state index contributed by atoms with van der Waals surface area (Å²) in [6.07, 6.45) is 0.454. The fraction of sp³-hybridized carbons (Fsp3) is 0.423. The van der Waals surface area contributed by atoms with E-state index in [0.717, 1.165) is 21.8 Å². The van der Waals surface area contributed by atoms with Gasteiger partial charge < -0.3 is 9.64 Å². The monoisotopic (exact) mass is 485 g/mol. The van der Waals surface area contributed by atoms with Gasteiger partial charge in [0.2, 0.25) is 0 Å². The van der Waals surface area contributed by atoms with E-state index < -0.39 is 9.84 Å². The molecule has 0 aromatic heterocycles. The van der Waals surface area contributed by atoms with Crippen LogP contribution in [0.25, 0.3) is 4.91 Å². The zero-order chi connectivity index (χ0) is 23.6. The maximum Gasteiger partial charge on any atom is 0.290 e. The van der Waals surface area contributed by atoms with Crippen LogP contribution in [0.15, 0.2) is 60.4 Å². The van der Waals surface area contributed by atoms with Crippen molar-refractivity contribution in [3.63, 3.8) is 0 Å². The highest BCUT2D eigenvalue weighted by Crippen LogP contribution is 2.36. The predicted molar refractivity (Wildman–Crippen MR) is 135 cm³/mol. The average Bonchev–Trinajstić information content (AvgIpc) is 3.16. The van der Waals surface area contributed by atoms with Gasteiger partial charge >= 0.3 is 0 Å². The minimum absolute atomic E-state index is 0.0000914. The van der Waals surface area contributed by atoms with Gasteiger partial charge in [0, 0.05) is 18.3 Å². The van der Waals surface area contributed by atoms with Crippen LogP contribution in [0.2, 0.25) is 0 Å². The molecule has 1 atom stereocenters. The molecule has 0 radical (unpaired) electrons. The molecule has 4 rings (SSSR count). The quantitative estimate of drug-likeness (QED) is 0.618. The Kier molecular flexibility index (Phi) is 6.91. The van der Waals surface area contributed by atoms with Crippen LogP contribution in [0.4, 0.5) is 0 Å². The number of amides is 1. The van der Waals surface area contributed by atoms with E-state index in [1.165, 1.54) is 5.56 Å². The molecule has 1 saturated heterocycles. The van der Waals surface area contributed by atoms with Crippen LogP contribution in [0, 0.1) is 0 Å². The molecule has 0 spiro atoms. The highest BCUT2D eigenvalue weighted by atomic mass is 32.2. The van der Waals surface area contributed by atoms with Crippen LogP contribution < -0.4 is 0 Å². The summed E-state index contributed by atoms with van der Waals surface area (Å²) in [4.78, 5) is 16.4. The third-order valence-corrected chi connectivity index (χ3v) is 8.93. The van der Waals surface area contributed by atoms with Crippen molar-refractivity contribution in [2.75, 3.05) is 23.9 Å². The Morgan fingerprint density at radius 3 is 2.39 bits per heavy atom. The molecule has 176 valence electrons. The van der Waals surface area contributed by atoms with E-state index in [1.807, 2.05) is 42.5 Å². The van der Waals surface area contributed by atoms with Gasteiger partial charge in [-0.3, -0.25) is 4.79 Å². The highest BCUT2D eigenvalue weighted by molar-refractivity contribution is 8.08. The lowest BCUT2D eigenvalue weighted by Gasteiger charge is -2.31. The van der Waals surface area contributed by atoms with Crippen molar-refractivity contribution in [2.45, 2.75) is 45.2 Å². The maximum absolute atomic E-state index is 13.8. The van der Waals surface area contributed by atoms with E-state index in [0.29, 0.717) is 25.3 Å². The Bertz CT molecular complexity index is 1130. The van der Waals surface area contributed by atoms with E-state index in [4.69, 9.17) is 4.74 Å². The summed E-state index contributed by atoms with van der Waals surface area (Å²) in [7, 11) is -3.14. The SMILES string of the molecule is CC(C)(C)c1ccc(CN(C(=O)C2=C(c3ccccc3)SCCO2)C2CCS(=O)(=O)C2)cc1. The Hall–Kier alpha value is -2.25. The second-order valence-corrected chi connectivity index (χ2v) is 13.0. The third kappa shape index (κ3) is 5.64. The summed E-state index contributed by atoms with van der Waals surface area (Å²) < 4.78 is 30.4. The van der Waals surface area contributed by atoms with Crippen LogP contribution in [-0.4, -0.2) is 49.1 Å². The van der Waals surface area contributed by atoms with E-state index in [-0.39, 0.29) is 28.9 Å². The van der Waals surface area contributed by atoms with Crippen molar-refractivity contribution in [3.8, 4) is 0 Å². The van der Waals surface area contributed by atoms with Crippen molar-refractivity contribution in [1.29, 1.82) is 0 Å². The van der Waals surface area contributed by atoms with Crippen molar-refractivity contribution in [3.05, 3.63) is 77.0 Å². The normalized spacial score (nSPS) is 20.4. The van der Waals surface area contributed by atoms with Crippen molar-refractivity contribution in [2.24, 2.45) is 0 Å². The second kappa shape index (κ2) is 9.55. The Labute approximate surface area is 201 Å². The Morgan fingerprint density at radius 1 is 1.09 bits per heavy atom. The minimum atomic E-state index is -3.14. The molecule has 1 amide bonds. The molecule has 2 aliphatic heterocycles. The van der Waals surface area contributed by atoms with Gasteiger partial charge in [0.05, 0.1) is 23.0 Å². The van der Waals surface area contributed by atoms with Crippen LogP contribution in [-0.2, 0) is 31.3 Å². The van der Waals surface area contributed by atoms with Gasteiger partial charge in [-0.2, -0.15) is 0 Å². The molecule has 5 nitrogen and oxygen atoms in total. The Morgan fingerprint density at radius 2 is 1.79 bits per heavy atom. The van der Waals surface area contributed by atoms with Gasteiger partial charge in [0.25, 0.3) is 5.91 Å². The van der Waals surface area contributed by atoms with Gasteiger partial charge in [-0.25, -0.2) is 8.42 Å². The third-order valence-electron chi connectivity index (χ3n) is 6.10. The van der Waals surface area contributed by atoms with Gasteiger partial charge in [-0.1, -0.05) is 75.4 Å². The summed E-state index contributed by atoms with van der Waals surface area (Å²) >= 11 is 1.61. The topological polar surface area (TPSA) is 63.7 Å². The molecular weight excluding hydrogens is 454 g/mol. The fourth-order valence-electron chi connectivity index (χ4n) is 4.21. The van der Waals surface area contributed by atoms with Crippen LogP contribution in [0.1, 0.15) is 43.9 Å². The molecule has 0 saturated carbocycles. The molecule has 0 N–H and O–H groups in total. The van der Waals surface area contributed by atoms with E-state index in [1.54, 1.807) is 16.7 Å². The fourth-order valence-corrected chi connectivity index (χ4v) is 6.89. The number of rotatable bonds is 5. The van der Waals surface area contributed by atoms with Crippen molar-refractivity contribution < 1.29 is 17.9 Å². The first-order valence-corrected chi connectivity index (χ1v) is 14.1. The lowest BCUT2D eigenvalue weighted by atomic mass is 9.86. The van der Waals surface area contributed by atoms with E-state index in [9.17, 15) is 13.2 Å². The summed E-state index contributed by atoms with van der Waals surface area (Å²) in [6.45, 7) is 7.30. The predicted octanol–water partition coefficient (Wildman–Crippen LogP) is 4.63. The molecule has 1 fully saturated rings. The number of hydrogen-bond donors (Lipinski definition) is 0. The number of benzene rings is 2. The molecule has 0 bridgehead atoms. The number of carbonyl (C=O) groups excluding carboxylic acids is 1. The lowest BCUT2D eigenvalue weighted by molar-refractivity contribution is -0.133. The Balaban J connectivity index is 1.68. The molecule has 1 unspecified atom stereocenters. The molecular formula is C26H31NO4S2. The first-order valence-electron chi connectivity index (χ1n) is 11.3. The smallest absolute Gasteiger partial charge is 0.290 e. The first kappa shape index (κ1) is 23.9. The van der Waals surface area contributed by atoms with Gasteiger partial charge in [-0.05, 0) is 28.5 Å². The summed E-state index contributed by atoms with van der Waals surface area (Å²) in [6, 6.07) is 17.7. The molecule has 2 aromatic rings. The molecule has 7 heteroatoms. The van der Waals surface area contributed by atoms with Gasteiger partial charge in [0.15, 0.2) is 15.6 Å². The maximum atomic E-state index is 13.8.